The Hall–Kier alpha value is -1.09. The summed E-state index contributed by atoms with van der Waals surface area (Å²) in [7, 11) is -9.11. The van der Waals surface area contributed by atoms with E-state index in [1.54, 1.807) is 0 Å². The minimum Gasteiger partial charge on any atom is -0.746 e. The molecule has 0 radical (unpaired) electrons. The zero-order chi connectivity index (χ0) is 18.0. The Morgan fingerprint density at radius 2 is 1.83 bits per heavy atom. The second-order valence-corrected chi connectivity index (χ2v) is 7.82. The molecule has 0 aliphatic heterocycles. The summed E-state index contributed by atoms with van der Waals surface area (Å²) in [6.45, 7) is 0. The molecule has 128 valence electrons. The van der Waals surface area contributed by atoms with Gasteiger partial charge in [-0.1, -0.05) is 6.07 Å². The fraction of sp³-hybridized carbons (Fsp3) is 0.300. The van der Waals surface area contributed by atoms with Crippen molar-refractivity contribution in [2.45, 2.75) is 16.2 Å². The molecule has 14 heteroatoms. The van der Waals surface area contributed by atoms with Crippen LogP contribution in [0.5, 0.6) is 5.75 Å². The van der Waals surface area contributed by atoms with Crippen molar-refractivity contribution >= 4 is 26.2 Å². The van der Waals surface area contributed by atoms with Crippen LogP contribution in [0.1, 0.15) is 11.5 Å². The smallest absolute Gasteiger partial charge is 0.746 e. The molecule has 1 aromatic rings. The predicted octanol–water partition coefficient (Wildman–Crippen LogP) is -4.19. The Labute approximate surface area is 158 Å². The zero-order valence-electron chi connectivity index (χ0n) is 12.3. The molecular weight excluding hydrogens is 381 g/mol. The van der Waals surface area contributed by atoms with E-state index in [1.165, 1.54) is 0 Å². The van der Waals surface area contributed by atoms with Gasteiger partial charge < -0.3 is 14.5 Å². The van der Waals surface area contributed by atoms with Crippen molar-refractivity contribution in [3.63, 3.8) is 0 Å². The molecule has 0 saturated heterocycles. The number of nitrogens with zero attached hydrogens (tertiary/aromatic N) is 1. The molecule has 0 aromatic heterocycles. The third-order valence-corrected chi connectivity index (χ3v) is 4.69. The van der Waals surface area contributed by atoms with Gasteiger partial charge in [0.25, 0.3) is 5.09 Å². The molecule has 0 aliphatic rings. The van der Waals surface area contributed by atoms with Crippen molar-refractivity contribution < 1.29 is 70.8 Å². The van der Waals surface area contributed by atoms with Crippen LogP contribution in [0.15, 0.2) is 23.1 Å². The molecule has 0 spiro atoms. The molecule has 0 saturated carbocycles. The van der Waals surface area contributed by atoms with E-state index in [4.69, 9.17) is 0 Å². The summed E-state index contributed by atoms with van der Waals surface area (Å²) in [5.74, 6) is -2.79. The first-order valence-electron chi connectivity index (χ1n) is 5.62. The Bertz CT molecular complexity index is 835. The minimum absolute atomic E-state index is 0. The van der Waals surface area contributed by atoms with Gasteiger partial charge in [-0.25, -0.2) is 16.8 Å². The first kappa shape index (κ1) is 22.9. The number of carbonyl (C=O) groups is 1. The number of aliphatic hydroxyl groups is 1. The van der Waals surface area contributed by atoms with Gasteiger partial charge in [-0.2, -0.15) is 0 Å². The van der Waals surface area contributed by atoms with Crippen molar-refractivity contribution in [2.24, 2.45) is 0 Å². The van der Waals surface area contributed by atoms with Crippen LogP contribution in [0.4, 0.5) is 0 Å². The third-order valence-electron chi connectivity index (χ3n) is 2.69. The average molecular weight is 391 g/mol. The standard InChI is InChI=1S/C10H11NO10S2.Na/c1-22(16,17)6-2-3-7(9(4-6)21-11(14)15)8(5-12)10(13)23(18,19)20;/h2-5,8,10,13H,1H3,(H,18,19,20);/q;+1/p-1. The number of carbonyl (C=O) groups excluding carboxylic acids is 1. The molecule has 0 bridgehead atoms. The molecule has 1 rings (SSSR count). The Balaban J connectivity index is 0.00000529. The van der Waals surface area contributed by atoms with Crippen LogP contribution in [0.3, 0.4) is 0 Å². The van der Waals surface area contributed by atoms with Crippen LogP contribution in [0, 0.1) is 10.1 Å². The normalized spacial score (nSPS) is 14.1. The van der Waals surface area contributed by atoms with Gasteiger partial charge in [-0.3, -0.25) is 4.84 Å². The quantitative estimate of drug-likeness (QED) is 0.157. The van der Waals surface area contributed by atoms with E-state index in [0.29, 0.717) is 6.07 Å². The van der Waals surface area contributed by atoms with E-state index in [1.807, 2.05) is 0 Å². The molecule has 0 heterocycles. The number of hydrogen-bond acceptors (Lipinski definition) is 10. The van der Waals surface area contributed by atoms with Crippen molar-refractivity contribution in [1.82, 2.24) is 0 Å². The van der Waals surface area contributed by atoms with Crippen LogP contribution in [0.2, 0.25) is 0 Å². The zero-order valence-corrected chi connectivity index (χ0v) is 16.0. The fourth-order valence-electron chi connectivity index (χ4n) is 1.65. The SMILES string of the molecule is CS(=O)(=O)c1ccc(C(C=O)C(O)S(=O)(=O)[O-])c(O[N+](=O)[O-])c1.[Na+]. The van der Waals surface area contributed by atoms with Gasteiger partial charge in [0.05, 0.1) is 10.8 Å². The van der Waals surface area contributed by atoms with Crippen molar-refractivity contribution in [2.75, 3.05) is 6.26 Å². The number of hydrogen-bond donors (Lipinski definition) is 1. The maximum atomic E-state index is 11.4. The van der Waals surface area contributed by atoms with E-state index in [9.17, 15) is 41.4 Å². The van der Waals surface area contributed by atoms with Gasteiger partial charge in [0.1, 0.15) is 22.2 Å². The van der Waals surface area contributed by atoms with Crippen molar-refractivity contribution in [1.29, 1.82) is 0 Å². The Kier molecular flexibility index (Phi) is 7.95. The average Bonchev–Trinajstić information content (AvgIpc) is 2.38. The molecule has 1 aromatic carbocycles. The molecule has 1 N–H and O–H groups in total. The molecule has 0 fully saturated rings. The van der Waals surface area contributed by atoms with E-state index in [2.05, 4.69) is 4.84 Å². The van der Waals surface area contributed by atoms with Gasteiger partial charge in [0.15, 0.2) is 15.3 Å². The van der Waals surface area contributed by atoms with Crippen molar-refractivity contribution in [3.8, 4) is 5.75 Å². The summed E-state index contributed by atoms with van der Waals surface area (Å²) >= 11 is 0. The fourth-order valence-corrected chi connectivity index (χ4v) is 2.86. The molecule has 24 heavy (non-hydrogen) atoms. The van der Waals surface area contributed by atoms with E-state index in [0.717, 1.165) is 18.4 Å². The summed E-state index contributed by atoms with van der Waals surface area (Å²) in [5.41, 5.74) is -3.26. The molecule has 2 atom stereocenters. The van der Waals surface area contributed by atoms with Crippen LogP contribution >= 0.6 is 0 Å². The minimum atomic E-state index is -5.32. The summed E-state index contributed by atoms with van der Waals surface area (Å²) in [6.07, 6.45) is 0.675. The van der Waals surface area contributed by atoms with Gasteiger partial charge >= 0.3 is 29.6 Å². The third kappa shape index (κ3) is 5.77. The van der Waals surface area contributed by atoms with Crippen molar-refractivity contribution in [3.05, 3.63) is 33.9 Å². The monoisotopic (exact) mass is 391 g/mol. The van der Waals surface area contributed by atoms with E-state index < -0.39 is 52.6 Å². The molecule has 2 unspecified atom stereocenters. The number of benzene rings is 1. The molecular formula is C10H10NNaO10S2. The molecule has 0 aliphatic carbocycles. The predicted molar refractivity (Wildman–Crippen MR) is 71.7 cm³/mol. The largest absolute Gasteiger partial charge is 1.00 e. The summed E-state index contributed by atoms with van der Waals surface area (Å²) in [4.78, 5) is 25.2. The van der Waals surface area contributed by atoms with E-state index in [-0.39, 0.29) is 35.8 Å². The first-order chi connectivity index (χ1) is 10.4. The number of aldehydes is 1. The summed E-state index contributed by atoms with van der Waals surface area (Å²) in [5, 5.41) is 18.5. The van der Waals surface area contributed by atoms with Gasteiger partial charge in [0.2, 0.25) is 0 Å². The topological polar surface area (TPSA) is 181 Å². The summed E-state index contributed by atoms with van der Waals surface area (Å²) < 4.78 is 55.3. The number of rotatable bonds is 7. The van der Waals surface area contributed by atoms with Crippen LogP contribution in [-0.4, -0.2) is 49.6 Å². The van der Waals surface area contributed by atoms with Crippen LogP contribution in [0.25, 0.3) is 0 Å². The molecule has 11 nitrogen and oxygen atoms in total. The Morgan fingerprint density at radius 1 is 1.29 bits per heavy atom. The second-order valence-electron chi connectivity index (χ2n) is 4.33. The maximum Gasteiger partial charge on any atom is 1.00 e. The summed E-state index contributed by atoms with van der Waals surface area (Å²) in [6, 6.07) is 2.43. The van der Waals surface area contributed by atoms with Gasteiger partial charge in [-0.15, -0.1) is 10.1 Å². The van der Waals surface area contributed by atoms with Gasteiger partial charge in [-0.05, 0) is 17.7 Å². The number of sulfone groups is 1. The second kappa shape index (κ2) is 8.33. The van der Waals surface area contributed by atoms with Gasteiger partial charge in [0, 0.05) is 6.26 Å². The first-order valence-corrected chi connectivity index (χ1v) is 8.98. The maximum absolute atomic E-state index is 11.4. The molecule has 0 amide bonds. The van der Waals surface area contributed by atoms with Crippen LogP contribution in [-0.2, 0) is 24.7 Å². The Morgan fingerprint density at radius 3 is 2.21 bits per heavy atom. The van der Waals surface area contributed by atoms with Crippen LogP contribution < -0.4 is 34.4 Å². The van der Waals surface area contributed by atoms with E-state index >= 15 is 0 Å². The number of aliphatic hydroxyl groups excluding tert-OH is 1.